The third kappa shape index (κ3) is 3.58. The van der Waals surface area contributed by atoms with Crippen LogP contribution >= 0.6 is 0 Å². The highest BCUT2D eigenvalue weighted by molar-refractivity contribution is 6.10. The normalized spacial score (nSPS) is 24.2. The maximum Gasteiger partial charge on any atom is 0.325 e. The van der Waals surface area contributed by atoms with Crippen molar-refractivity contribution in [2.75, 3.05) is 26.0 Å². The van der Waals surface area contributed by atoms with Crippen molar-refractivity contribution in [1.82, 2.24) is 15.1 Å². The van der Waals surface area contributed by atoms with E-state index in [-0.39, 0.29) is 24.3 Å². The van der Waals surface area contributed by atoms with Crippen LogP contribution in [-0.2, 0) is 9.59 Å². The molecule has 3 rings (SSSR count). The molecule has 150 valence electrons. The van der Waals surface area contributed by atoms with Crippen molar-refractivity contribution < 1.29 is 19.2 Å². The van der Waals surface area contributed by atoms with Crippen molar-refractivity contribution in [2.24, 2.45) is 5.92 Å². The van der Waals surface area contributed by atoms with Gasteiger partial charge >= 0.3 is 6.03 Å². The van der Waals surface area contributed by atoms with Crippen molar-refractivity contribution in [3.63, 3.8) is 0 Å². The van der Waals surface area contributed by atoms with Gasteiger partial charge in [-0.05, 0) is 43.0 Å². The average molecular weight is 386 g/mol. The van der Waals surface area contributed by atoms with Crippen LogP contribution < -0.4 is 10.6 Å². The van der Waals surface area contributed by atoms with Gasteiger partial charge in [-0.15, -0.1) is 0 Å². The molecule has 5 amide bonds. The number of carbonyl (C=O) groups excluding carboxylic acids is 4. The smallest absolute Gasteiger partial charge is 0.325 e. The van der Waals surface area contributed by atoms with Gasteiger partial charge in [0.1, 0.15) is 12.1 Å². The van der Waals surface area contributed by atoms with Crippen LogP contribution in [0, 0.1) is 5.92 Å². The van der Waals surface area contributed by atoms with E-state index in [2.05, 4.69) is 10.6 Å². The second kappa shape index (κ2) is 7.61. The third-order valence-corrected chi connectivity index (χ3v) is 5.62. The summed E-state index contributed by atoms with van der Waals surface area (Å²) in [6, 6.07) is 5.95. The molecule has 8 heteroatoms. The van der Waals surface area contributed by atoms with Gasteiger partial charge < -0.3 is 15.5 Å². The zero-order chi connectivity index (χ0) is 20.5. The van der Waals surface area contributed by atoms with E-state index < -0.39 is 17.5 Å². The van der Waals surface area contributed by atoms with Crippen LogP contribution in [0.3, 0.4) is 0 Å². The Bertz CT molecular complexity index is 805. The molecule has 0 radical (unpaired) electrons. The Hall–Kier alpha value is -2.90. The molecule has 1 aliphatic heterocycles. The largest absolute Gasteiger partial charge is 0.345 e. The molecule has 1 aliphatic carbocycles. The Morgan fingerprint density at radius 3 is 2.50 bits per heavy atom. The van der Waals surface area contributed by atoms with Gasteiger partial charge in [0.2, 0.25) is 5.91 Å². The first-order valence-electron chi connectivity index (χ1n) is 9.50. The summed E-state index contributed by atoms with van der Waals surface area (Å²) in [5.74, 6) is -0.862. The molecule has 1 heterocycles. The molecule has 1 saturated carbocycles. The molecule has 2 unspecified atom stereocenters. The molecule has 1 saturated heterocycles. The molecule has 8 nitrogen and oxygen atoms in total. The van der Waals surface area contributed by atoms with E-state index >= 15 is 0 Å². The molecule has 2 aliphatic rings. The number of nitrogens with zero attached hydrogens (tertiary/aromatic N) is 2. The zero-order valence-corrected chi connectivity index (χ0v) is 16.4. The molecule has 28 heavy (non-hydrogen) atoms. The van der Waals surface area contributed by atoms with Crippen LogP contribution in [0.1, 0.15) is 43.0 Å². The summed E-state index contributed by atoms with van der Waals surface area (Å²) in [7, 11) is 3.33. The van der Waals surface area contributed by atoms with E-state index in [1.807, 2.05) is 6.92 Å². The fourth-order valence-electron chi connectivity index (χ4n) is 3.94. The summed E-state index contributed by atoms with van der Waals surface area (Å²) in [6.45, 7) is 1.63. The molecule has 0 aromatic heterocycles. The minimum absolute atomic E-state index is 0.0486. The predicted molar refractivity (Wildman–Crippen MR) is 104 cm³/mol. The highest BCUT2D eigenvalue weighted by Crippen LogP contribution is 2.38. The number of benzene rings is 1. The van der Waals surface area contributed by atoms with Gasteiger partial charge in [-0.25, -0.2) is 4.79 Å². The number of imide groups is 1. The lowest BCUT2D eigenvalue weighted by Crippen LogP contribution is -2.54. The van der Waals surface area contributed by atoms with E-state index in [0.717, 1.165) is 24.2 Å². The zero-order valence-electron chi connectivity index (χ0n) is 16.4. The Labute approximate surface area is 164 Å². The average Bonchev–Trinajstić information content (AvgIpc) is 2.89. The number of carbonyl (C=O) groups is 4. The summed E-state index contributed by atoms with van der Waals surface area (Å²) in [4.78, 5) is 52.0. The number of amides is 5. The second-order valence-electron chi connectivity index (χ2n) is 7.76. The monoisotopic (exact) mass is 386 g/mol. The topological polar surface area (TPSA) is 98.8 Å². The maximum atomic E-state index is 12.9. The summed E-state index contributed by atoms with van der Waals surface area (Å²) in [5.41, 5.74) is 0.127. The first-order chi connectivity index (χ1) is 13.2. The lowest BCUT2D eigenvalue weighted by molar-refractivity contribution is -0.136. The molecule has 2 fully saturated rings. The Morgan fingerprint density at radius 1 is 1.21 bits per heavy atom. The highest BCUT2D eigenvalue weighted by atomic mass is 16.2. The summed E-state index contributed by atoms with van der Waals surface area (Å²) >= 11 is 0. The summed E-state index contributed by atoms with van der Waals surface area (Å²) < 4.78 is 0. The maximum absolute atomic E-state index is 12.9. The Balaban J connectivity index is 1.64. The molecular weight excluding hydrogens is 360 g/mol. The standard InChI is InChI=1S/C20H26N4O4/c1-13-6-4-5-11-20(13)18(27)24(19(28)22-20)12-16(25)21-15-9-7-14(8-10-15)17(26)23(2)3/h7-10,13H,4-6,11-12H2,1-3H3,(H,21,25)(H,22,28). The van der Waals surface area contributed by atoms with E-state index in [9.17, 15) is 19.2 Å². The van der Waals surface area contributed by atoms with Crippen molar-refractivity contribution in [3.8, 4) is 0 Å². The van der Waals surface area contributed by atoms with Gasteiger partial charge in [0.25, 0.3) is 11.8 Å². The Morgan fingerprint density at radius 2 is 1.89 bits per heavy atom. The van der Waals surface area contributed by atoms with E-state index in [1.54, 1.807) is 38.4 Å². The Kier molecular flexibility index (Phi) is 5.40. The van der Waals surface area contributed by atoms with E-state index in [4.69, 9.17) is 0 Å². The van der Waals surface area contributed by atoms with Crippen molar-refractivity contribution in [1.29, 1.82) is 0 Å². The van der Waals surface area contributed by atoms with Gasteiger partial charge in [0, 0.05) is 25.3 Å². The fourth-order valence-corrected chi connectivity index (χ4v) is 3.94. The molecule has 1 spiro atoms. The van der Waals surface area contributed by atoms with E-state index in [0.29, 0.717) is 17.7 Å². The van der Waals surface area contributed by atoms with Crippen LogP contribution in [0.2, 0.25) is 0 Å². The number of anilines is 1. The lowest BCUT2D eigenvalue weighted by atomic mass is 9.73. The van der Waals surface area contributed by atoms with Crippen LogP contribution in [0.25, 0.3) is 0 Å². The highest BCUT2D eigenvalue weighted by Gasteiger charge is 2.55. The SMILES string of the molecule is CC1CCCCC12NC(=O)N(CC(=O)Nc1ccc(C(=O)N(C)C)cc1)C2=O. The molecular formula is C20H26N4O4. The van der Waals surface area contributed by atoms with Crippen molar-refractivity contribution in [2.45, 2.75) is 38.1 Å². The summed E-state index contributed by atoms with van der Waals surface area (Å²) in [5, 5.41) is 5.50. The molecule has 2 atom stereocenters. The van der Waals surface area contributed by atoms with Crippen LogP contribution in [0.15, 0.2) is 24.3 Å². The number of nitrogens with one attached hydrogen (secondary N) is 2. The van der Waals surface area contributed by atoms with Gasteiger partial charge in [0.15, 0.2) is 0 Å². The number of rotatable bonds is 4. The van der Waals surface area contributed by atoms with Gasteiger partial charge in [-0.2, -0.15) is 0 Å². The van der Waals surface area contributed by atoms with Crippen molar-refractivity contribution in [3.05, 3.63) is 29.8 Å². The van der Waals surface area contributed by atoms with E-state index in [1.165, 1.54) is 4.90 Å². The third-order valence-electron chi connectivity index (χ3n) is 5.62. The quantitative estimate of drug-likeness (QED) is 0.771. The number of urea groups is 1. The predicted octanol–water partition coefficient (Wildman–Crippen LogP) is 1.83. The van der Waals surface area contributed by atoms with Gasteiger partial charge in [0.05, 0.1) is 0 Å². The molecule has 1 aromatic carbocycles. The molecule has 2 N–H and O–H groups in total. The fraction of sp³-hybridized carbons (Fsp3) is 0.500. The van der Waals surface area contributed by atoms with Crippen LogP contribution in [0.4, 0.5) is 10.5 Å². The van der Waals surface area contributed by atoms with Gasteiger partial charge in [-0.1, -0.05) is 19.8 Å². The van der Waals surface area contributed by atoms with Crippen molar-refractivity contribution >= 4 is 29.4 Å². The number of hydrogen-bond donors (Lipinski definition) is 2. The minimum Gasteiger partial charge on any atom is -0.345 e. The molecule has 0 bridgehead atoms. The lowest BCUT2D eigenvalue weighted by Gasteiger charge is -2.36. The first-order valence-corrected chi connectivity index (χ1v) is 9.50. The van der Waals surface area contributed by atoms with Crippen LogP contribution in [-0.4, -0.2) is 59.7 Å². The second-order valence-corrected chi connectivity index (χ2v) is 7.76. The minimum atomic E-state index is -0.871. The molecule has 1 aromatic rings. The van der Waals surface area contributed by atoms with Gasteiger partial charge in [-0.3, -0.25) is 19.3 Å². The summed E-state index contributed by atoms with van der Waals surface area (Å²) in [6.07, 6.45) is 3.41. The van der Waals surface area contributed by atoms with Crippen LogP contribution in [0.5, 0.6) is 0 Å². The number of hydrogen-bond acceptors (Lipinski definition) is 4. The first kappa shape index (κ1) is 19.9.